The second-order valence-corrected chi connectivity index (χ2v) is 0. The first-order chi connectivity index (χ1) is 0. The standard InChI is InChI=1S/5ClH.Mo.5H2O/h5*1H;;5*1H2/p-5. The van der Waals surface area contributed by atoms with Crippen molar-refractivity contribution in [3.8, 4) is 0 Å². The molecule has 0 aliphatic rings. The summed E-state index contributed by atoms with van der Waals surface area (Å²) < 4.78 is 0. The first kappa shape index (κ1) is 491. The largest absolute Gasteiger partial charge is 1.00 e. The Bertz CT molecular complexity index is 14.8. The van der Waals surface area contributed by atoms with Gasteiger partial charge in [-0.3, -0.25) is 0 Å². The first-order valence-electron chi connectivity index (χ1n) is 0. The van der Waals surface area contributed by atoms with E-state index in [1.165, 1.54) is 0 Å². The molecule has 0 unspecified atom stereocenters. The Morgan fingerprint density at radius 1 is 0.273 bits per heavy atom. The molecule has 0 spiro atoms. The van der Waals surface area contributed by atoms with E-state index in [2.05, 4.69) is 0 Å². The predicted molar refractivity (Wildman–Crippen MR) is 18.1 cm³/mol. The number of halogens is 5. The van der Waals surface area contributed by atoms with Gasteiger partial charge in [0.2, 0.25) is 0 Å². The van der Waals surface area contributed by atoms with Crippen molar-refractivity contribution in [2.45, 2.75) is 0 Å². The molecule has 0 aromatic heterocycles. The van der Waals surface area contributed by atoms with Crippen LogP contribution in [-0.4, -0.2) is 27.4 Å². The molecule has 11 heteroatoms. The van der Waals surface area contributed by atoms with Gasteiger partial charge in [0.15, 0.2) is 0 Å². The maximum atomic E-state index is 0. The molecule has 0 bridgehead atoms. The summed E-state index contributed by atoms with van der Waals surface area (Å²) in [6.45, 7) is 0. The fourth-order valence-electron chi connectivity index (χ4n) is 0. The zero-order chi connectivity index (χ0) is 0. The van der Waals surface area contributed by atoms with Crippen LogP contribution in [0.1, 0.15) is 0 Å². The molecule has 0 aliphatic carbocycles. The third-order valence-corrected chi connectivity index (χ3v) is 0. The van der Waals surface area contributed by atoms with Crippen LogP contribution in [-0.2, 0) is 21.1 Å². The maximum Gasteiger partial charge on any atom is 0 e. The summed E-state index contributed by atoms with van der Waals surface area (Å²) in [5.74, 6) is 0. The average Bonchev–Trinajstić information content (AvgIpc) is 0. The fraction of sp³-hybridized carbons (Fsp3) is 0. The summed E-state index contributed by atoms with van der Waals surface area (Å²) in [5.41, 5.74) is 0. The number of hydrogen-bond donors (Lipinski definition) is 0. The fourth-order valence-corrected chi connectivity index (χ4v) is 0. The molecule has 0 aliphatic heterocycles. The van der Waals surface area contributed by atoms with Gasteiger partial charge in [0, 0.05) is 21.1 Å². The summed E-state index contributed by atoms with van der Waals surface area (Å²) in [5, 5.41) is 0. The van der Waals surface area contributed by atoms with Crippen LogP contribution in [0.3, 0.4) is 0 Å². The Kier molecular flexibility index (Phi) is 17000. The third-order valence-electron chi connectivity index (χ3n) is 0. The summed E-state index contributed by atoms with van der Waals surface area (Å²) in [6, 6.07) is 0. The van der Waals surface area contributed by atoms with Crippen LogP contribution < -0.4 is 62.0 Å². The smallest absolute Gasteiger partial charge is 0 e. The number of hydrogen-bond acceptors (Lipinski definition) is 0. The molecule has 10 N–H and O–H groups in total. The first-order valence-corrected chi connectivity index (χ1v) is 0. The molecule has 0 atom stereocenters. The van der Waals surface area contributed by atoms with Gasteiger partial charge >= 0.3 is 0 Å². The summed E-state index contributed by atoms with van der Waals surface area (Å²) >= 11 is 0. The molecular formula is H10Cl5MoO5-5. The Balaban J connectivity index is 0. The Morgan fingerprint density at radius 3 is 0.273 bits per heavy atom. The summed E-state index contributed by atoms with van der Waals surface area (Å²) in [7, 11) is 0. The van der Waals surface area contributed by atoms with Crippen LogP contribution in [0.25, 0.3) is 0 Å². The van der Waals surface area contributed by atoms with E-state index in [1.807, 2.05) is 0 Å². The molecule has 0 amide bonds. The van der Waals surface area contributed by atoms with Gasteiger partial charge in [0.05, 0.1) is 0 Å². The van der Waals surface area contributed by atoms with Gasteiger partial charge in [0.1, 0.15) is 0 Å². The SMILES string of the molecule is O.O.O.O.O.[Cl-].[Cl-].[Cl-].[Cl-].[Cl-].[Mo]. The minimum absolute atomic E-state index is 0. The van der Waals surface area contributed by atoms with Crippen molar-refractivity contribution < 1.29 is 110 Å². The van der Waals surface area contributed by atoms with E-state index in [9.17, 15) is 0 Å². The zero-order valence-electron chi connectivity index (χ0n) is 4.80. The molecule has 0 fully saturated rings. The van der Waals surface area contributed by atoms with E-state index in [-0.39, 0.29) is 110 Å². The van der Waals surface area contributed by atoms with E-state index in [4.69, 9.17) is 0 Å². The monoisotopic (exact) mass is 363 g/mol. The minimum Gasteiger partial charge on any atom is -1.00 e. The van der Waals surface area contributed by atoms with Crippen LogP contribution in [0.5, 0.6) is 0 Å². The Labute approximate surface area is 110 Å². The minimum atomic E-state index is 0. The van der Waals surface area contributed by atoms with Gasteiger partial charge in [-0.05, 0) is 0 Å². The van der Waals surface area contributed by atoms with Crippen molar-refractivity contribution >= 4 is 0 Å². The summed E-state index contributed by atoms with van der Waals surface area (Å²) in [4.78, 5) is 0. The summed E-state index contributed by atoms with van der Waals surface area (Å²) in [6.07, 6.45) is 0. The number of rotatable bonds is 0. The van der Waals surface area contributed by atoms with Crippen molar-refractivity contribution in [2.75, 3.05) is 0 Å². The van der Waals surface area contributed by atoms with Crippen molar-refractivity contribution in [3.05, 3.63) is 0 Å². The van der Waals surface area contributed by atoms with Crippen LogP contribution >= 0.6 is 0 Å². The Morgan fingerprint density at radius 2 is 0.273 bits per heavy atom. The van der Waals surface area contributed by atoms with Gasteiger partial charge in [0.25, 0.3) is 0 Å². The van der Waals surface area contributed by atoms with Gasteiger partial charge in [-0.2, -0.15) is 0 Å². The van der Waals surface area contributed by atoms with E-state index in [1.54, 1.807) is 0 Å². The van der Waals surface area contributed by atoms with Crippen molar-refractivity contribution in [1.82, 2.24) is 0 Å². The second kappa shape index (κ2) is 380. The molecule has 0 saturated heterocycles. The third kappa shape index (κ3) is 314. The van der Waals surface area contributed by atoms with E-state index in [0.717, 1.165) is 0 Å². The quantitative estimate of drug-likeness (QED) is 0.375. The maximum absolute atomic E-state index is 0. The zero-order valence-corrected chi connectivity index (χ0v) is 10.6. The molecule has 86 valence electrons. The molecule has 5 nitrogen and oxygen atoms in total. The topological polar surface area (TPSA) is 158 Å². The van der Waals surface area contributed by atoms with E-state index >= 15 is 0 Å². The van der Waals surface area contributed by atoms with Crippen molar-refractivity contribution in [3.63, 3.8) is 0 Å². The van der Waals surface area contributed by atoms with Crippen LogP contribution in [0.2, 0.25) is 0 Å². The van der Waals surface area contributed by atoms with Gasteiger partial charge < -0.3 is 89.4 Å². The van der Waals surface area contributed by atoms with Crippen LogP contribution in [0, 0.1) is 0 Å². The molecule has 0 radical (unpaired) electrons. The van der Waals surface area contributed by atoms with E-state index < -0.39 is 0 Å². The predicted octanol–water partition coefficient (Wildman–Crippen LogP) is -19.1. The molecular weight excluding hydrogens is 353 g/mol. The van der Waals surface area contributed by atoms with Crippen LogP contribution in [0.15, 0.2) is 0 Å². The van der Waals surface area contributed by atoms with Crippen molar-refractivity contribution in [1.29, 1.82) is 0 Å². The molecule has 0 rings (SSSR count). The molecule has 0 aromatic rings. The van der Waals surface area contributed by atoms with Crippen molar-refractivity contribution in [2.24, 2.45) is 0 Å². The molecule has 0 aromatic carbocycles. The van der Waals surface area contributed by atoms with Gasteiger partial charge in [-0.25, -0.2) is 0 Å². The molecule has 11 heavy (non-hydrogen) atoms. The van der Waals surface area contributed by atoms with Gasteiger partial charge in [-0.15, -0.1) is 0 Å². The Hall–Kier alpha value is 1.94. The van der Waals surface area contributed by atoms with Gasteiger partial charge in [-0.1, -0.05) is 0 Å². The van der Waals surface area contributed by atoms with Crippen LogP contribution in [0.4, 0.5) is 0 Å². The average molecular weight is 363 g/mol. The normalized spacial score (nSPS) is 0. The van der Waals surface area contributed by atoms with E-state index in [0.29, 0.717) is 0 Å². The second-order valence-electron chi connectivity index (χ2n) is 0. The molecule has 0 saturated carbocycles. The molecule has 0 heterocycles.